The Balaban J connectivity index is 2.72. The third-order valence-electron chi connectivity index (χ3n) is 2.25. The predicted octanol–water partition coefficient (Wildman–Crippen LogP) is 2.09. The van der Waals surface area contributed by atoms with Gasteiger partial charge in [0.05, 0.1) is 6.67 Å². The van der Waals surface area contributed by atoms with Crippen molar-refractivity contribution < 1.29 is 0 Å². The molecule has 0 fully saturated rings. The monoisotopic (exact) mass is 178 g/mol. The van der Waals surface area contributed by atoms with Gasteiger partial charge in [0.25, 0.3) is 0 Å². The molecule has 0 spiro atoms. The molecule has 1 unspecified atom stereocenters. The number of hydrogen-bond acceptors (Lipinski definition) is 2. The van der Waals surface area contributed by atoms with Crippen molar-refractivity contribution in [1.82, 2.24) is 10.2 Å². The van der Waals surface area contributed by atoms with Crippen LogP contribution in [0.15, 0.2) is 36.7 Å². The van der Waals surface area contributed by atoms with E-state index in [1.165, 1.54) is 5.57 Å². The van der Waals surface area contributed by atoms with Crippen molar-refractivity contribution >= 4 is 0 Å². The van der Waals surface area contributed by atoms with Crippen molar-refractivity contribution in [2.75, 3.05) is 13.7 Å². The third kappa shape index (κ3) is 2.98. The molecule has 0 saturated heterocycles. The van der Waals surface area contributed by atoms with Gasteiger partial charge in [-0.15, -0.1) is 0 Å². The number of hydrogen-bond donors (Lipinski definition) is 1. The highest BCUT2D eigenvalue weighted by molar-refractivity contribution is 5.12. The lowest BCUT2D eigenvalue weighted by Gasteiger charge is -2.24. The van der Waals surface area contributed by atoms with Crippen molar-refractivity contribution in [2.24, 2.45) is 5.92 Å². The molecular weight excluding hydrogens is 160 g/mol. The van der Waals surface area contributed by atoms with Crippen molar-refractivity contribution in [3.63, 3.8) is 0 Å². The lowest BCUT2D eigenvalue weighted by atomic mass is 9.96. The molecule has 0 aliphatic carbocycles. The third-order valence-corrected chi connectivity index (χ3v) is 2.25. The first-order valence-corrected chi connectivity index (χ1v) is 4.55. The van der Waals surface area contributed by atoms with Gasteiger partial charge in [-0.1, -0.05) is 24.8 Å². The molecular formula is C11H18N2. The molecule has 0 saturated carbocycles. The highest BCUT2D eigenvalue weighted by atomic mass is 15.2. The molecule has 0 bridgehead atoms. The van der Waals surface area contributed by atoms with E-state index in [0.717, 1.165) is 18.8 Å². The molecule has 13 heavy (non-hydrogen) atoms. The van der Waals surface area contributed by atoms with Crippen LogP contribution < -0.4 is 5.32 Å². The maximum Gasteiger partial charge on any atom is 0.0865 e. The van der Waals surface area contributed by atoms with E-state index in [-0.39, 0.29) is 0 Å². The summed E-state index contributed by atoms with van der Waals surface area (Å²) in [6, 6.07) is 0. The van der Waals surface area contributed by atoms with Gasteiger partial charge < -0.3 is 10.2 Å². The van der Waals surface area contributed by atoms with Crippen LogP contribution in [0.25, 0.3) is 0 Å². The van der Waals surface area contributed by atoms with Gasteiger partial charge in [-0.25, -0.2) is 0 Å². The highest BCUT2D eigenvalue weighted by Gasteiger charge is 2.10. The Kier molecular flexibility index (Phi) is 3.18. The second-order valence-corrected chi connectivity index (χ2v) is 3.69. The molecule has 1 aliphatic heterocycles. The molecule has 1 atom stereocenters. The van der Waals surface area contributed by atoms with Gasteiger partial charge in [0.2, 0.25) is 0 Å². The van der Waals surface area contributed by atoms with Crippen LogP contribution in [0.3, 0.4) is 0 Å². The molecule has 2 nitrogen and oxygen atoms in total. The van der Waals surface area contributed by atoms with Crippen LogP contribution in [0.4, 0.5) is 0 Å². The summed E-state index contributed by atoms with van der Waals surface area (Å²) < 4.78 is 0. The molecule has 1 aliphatic rings. The van der Waals surface area contributed by atoms with E-state index in [0.29, 0.717) is 5.92 Å². The molecule has 0 amide bonds. The fraction of sp³-hybridized carbons (Fsp3) is 0.455. The van der Waals surface area contributed by atoms with E-state index in [9.17, 15) is 0 Å². The van der Waals surface area contributed by atoms with E-state index in [4.69, 9.17) is 0 Å². The molecule has 2 heteroatoms. The van der Waals surface area contributed by atoms with Gasteiger partial charge in [-0.05, 0) is 19.5 Å². The zero-order valence-corrected chi connectivity index (χ0v) is 8.51. The number of rotatable bonds is 1. The van der Waals surface area contributed by atoms with Crippen LogP contribution in [-0.4, -0.2) is 18.6 Å². The number of allylic oxidation sites excluding steroid dienone is 3. The normalized spacial score (nSPS) is 25.8. The van der Waals surface area contributed by atoms with Crippen molar-refractivity contribution in [3.8, 4) is 0 Å². The molecule has 1 N–H and O–H groups in total. The number of nitrogens with zero attached hydrogens (tertiary/aromatic N) is 1. The van der Waals surface area contributed by atoms with Gasteiger partial charge in [-0.3, -0.25) is 0 Å². The first-order chi connectivity index (χ1) is 6.09. The van der Waals surface area contributed by atoms with Gasteiger partial charge in [0.15, 0.2) is 0 Å². The van der Waals surface area contributed by atoms with E-state index >= 15 is 0 Å². The minimum Gasteiger partial charge on any atom is -0.372 e. The molecule has 1 rings (SSSR count). The quantitative estimate of drug-likeness (QED) is 0.618. The fourth-order valence-electron chi connectivity index (χ4n) is 1.28. The summed E-state index contributed by atoms with van der Waals surface area (Å²) in [5.74, 6) is 0.419. The Bertz CT molecular complexity index is 240. The Morgan fingerprint density at radius 1 is 1.69 bits per heavy atom. The summed E-state index contributed by atoms with van der Waals surface area (Å²) in [4.78, 5) is 2.10. The smallest absolute Gasteiger partial charge is 0.0865 e. The largest absolute Gasteiger partial charge is 0.372 e. The molecule has 0 aromatic carbocycles. The van der Waals surface area contributed by atoms with Gasteiger partial charge in [0.1, 0.15) is 0 Å². The Labute approximate surface area is 80.6 Å². The zero-order chi connectivity index (χ0) is 9.84. The molecule has 72 valence electrons. The average Bonchev–Trinajstić information content (AvgIpc) is 2.05. The Hall–Kier alpha value is -1.18. The first kappa shape index (κ1) is 9.90. The molecule has 0 aromatic heterocycles. The van der Waals surface area contributed by atoms with Gasteiger partial charge >= 0.3 is 0 Å². The molecule has 0 aromatic rings. The summed E-state index contributed by atoms with van der Waals surface area (Å²) in [6.45, 7) is 10.8. The second-order valence-electron chi connectivity index (χ2n) is 3.69. The maximum atomic E-state index is 3.97. The molecule has 0 radical (unpaired) electrons. The SMILES string of the molecule is C=C1CC(C(=C)C)/C=C\N(C)CN1. The summed E-state index contributed by atoms with van der Waals surface area (Å²) in [7, 11) is 2.04. The zero-order valence-electron chi connectivity index (χ0n) is 8.51. The summed E-state index contributed by atoms with van der Waals surface area (Å²) in [6.07, 6.45) is 5.24. The Morgan fingerprint density at radius 2 is 2.38 bits per heavy atom. The van der Waals surface area contributed by atoms with Crippen molar-refractivity contribution in [1.29, 1.82) is 0 Å². The lowest BCUT2D eigenvalue weighted by molar-refractivity contribution is 0.410. The predicted molar refractivity (Wildman–Crippen MR) is 57.0 cm³/mol. The van der Waals surface area contributed by atoms with Gasteiger partial charge in [-0.2, -0.15) is 0 Å². The van der Waals surface area contributed by atoms with Crippen LogP contribution in [-0.2, 0) is 0 Å². The van der Waals surface area contributed by atoms with E-state index in [2.05, 4.69) is 42.6 Å². The standard InChI is InChI=1S/C11H18N2/c1-9(2)11-5-6-13(4)8-12-10(3)7-11/h5-6,11-12H,1,3,7-8H2,2,4H3/b6-5-. The highest BCUT2D eigenvalue weighted by Crippen LogP contribution is 2.19. The van der Waals surface area contributed by atoms with E-state index in [1.54, 1.807) is 0 Å². The van der Waals surface area contributed by atoms with Gasteiger partial charge in [0, 0.05) is 18.7 Å². The van der Waals surface area contributed by atoms with Crippen molar-refractivity contribution in [2.45, 2.75) is 13.3 Å². The summed E-state index contributed by atoms with van der Waals surface area (Å²) >= 11 is 0. The lowest BCUT2D eigenvalue weighted by Crippen LogP contribution is -2.29. The Morgan fingerprint density at radius 3 is 3.00 bits per heavy atom. The first-order valence-electron chi connectivity index (χ1n) is 4.55. The minimum absolute atomic E-state index is 0.419. The maximum absolute atomic E-state index is 3.97. The fourth-order valence-corrected chi connectivity index (χ4v) is 1.28. The summed E-state index contributed by atoms with van der Waals surface area (Å²) in [5.41, 5.74) is 2.28. The summed E-state index contributed by atoms with van der Waals surface area (Å²) in [5, 5.41) is 3.26. The van der Waals surface area contributed by atoms with Crippen LogP contribution in [0, 0.1) is 5.92 Å². The van der Waals surface area contributed by atoms with Crippen LogP contribution in [0.2, 0.25) is 0 Å². The minimum atomic E-state index is 0.419. The number of nitrogens with one attached hydrogen (secondary N) is 1. The topological polar surface area (TPSA) is 15.3 Å². The molecule has 1 heterocycles. The van der Waals surface area contributed by atoms with E-state index < -0.39 is 0 Å². The van der Waals surface area contributed by atoms with Crippen LogP contribution >= 0.6 is 0 Å². The average molecular weight is 178 g/mol. The van der Waals surface area contributed by atoms with Crippen molar-refractivity contribution in [3.05, 3.63) is 36.7 Å². The van der Waals surface area contributed by atoms with E-state index in [1.807, 2.05) is 7.05 Å². The van der Waals surface area contributed by atoms with Crippen LogP contribution in [0.5, 0.6) is 0 Å². The van der Waals surface area contributed by atoms with Crippen LogP contribution in [0.1, 0.15) is 13.3 Å². The second kappa shape index (κ2) is 4.17.